The Morgan fingerprint density at radius 1 is 1.22 bits per heavy atom. The fourth-order valence-electron chi connectivity index (χ4n) is 2.89. The lowest BCUT2D eigenvalue weighted by molar-refractivity contribution is 0.198. The van der Waals surface area contributed by atoms with Crippen LogP contribution in [0.5, 0.6) is 0 Å². The molecular formula is C19H33IN4O2S. The average molecular weight is 508 g/mol. The maximum atomic E-state index is 11.8. The van der Waals surface area contributed by atoms with E-state index in [1.54, 1.807) is 20.9 Å². The minimum Gasteiger partial charge on any atom is -0.355 e. The van der Waals surface area contributed by atoms with Crippen molar-refractivity contribution in [2.24, 2.45) is 4.99 Å². The number of benzene rings is 1. The van der Waals surface area contributed by atoms with Gasteiger partial charge in [-0.25, -0.2) is 8.42 Å². The molecule has 1 aromatic carbocycles. The first kappa shape index (κ1) is 24.2. The average Bonchev–Trinajstić information content (AvgIpc) is 2.60. The van der Waals surface area contributed by atoms with E-state index in [1.165, 1.54) is 11.8 Å². The van der Waals surface area contributed by atoms with Gasteiger partial charge in [-0.1, -0.05) is 30.3 Å². The van der Waals surface area contributed by atoms with Gasteiger partial charge in [-0.2, -0.15) is 0 Å². The highest BCUT2D eigenvalue weighted by molar-refractivity contribution is 14.0. The first-order chi connectivity index (χ1) is 12.2. The molecule has 0 spiro atoms. The van der Waals surface area contributed by atoms with Crippen molar-refractivity contribution in [3.8, 4) is 0 Å². The molecule has 1 saturated heterocycles. The van der Waals surface area contributed by atoms with Gasteiger partial charge in [0, 0.05) is 45.5 Å². The summed E-state index contributed by atoms with van der Waals surface area (Å²) in [5.41, 5.74) is 1.35. The van der Waals surface area contributed by atoms with E-state index >= 15 is 0 Å². The number of likely N-dealkylation sites (tertiary alicyclic amines) is 1. The Morgan fingerprint density at radius 2 is 1.81 bits per heavy atom. The standard InChI is InChI=1S/C19H32N4O2S.HI/c1-19(2,26(4,24)25)15-21-18(20-3)22-17-10-12-23(13-11-17)14-16-8-6-5-7-9-16;/h5-9,17H,10-15H2,1-4H3,(H2,20,21,22);1H. The molecule has 1 aromatic rings. The number of hydrogen-bond donors (Lipinski definition) is 2. The van der Waals surface area contributed by atoms with Gasteiger partial charge in [-0.05, 0) is 32.3 Å². The number of hydrogen-bond acceptors (Lipinski definition) is 4. The maximum absolute atomic E-state index is 11.8. The first-order valence-electron chi connectivity index (χ1n) is 9.14. The van der Waals surface area contributed by atoms with Crippen LogP contribution in [0.3, 0.4) is 0 Å². The minimum absolute atomic E-state index is 0. The number of aliphatic imine (C=N–C) groups is 1. The number of halogens is 1. The lowest BCUT2D eigenvalue weighted by Crippen LogP contribution is -2.52. The number of sulfone groups is 1. The molecule has 0 atom stereocenters. The van der Waals surface area contributed by atoms with Crippen LogP contribution in [0, 0.1) is 0 Å². The Morgan fingerprint density at radius 3 is 2.33 bits per heavy atom. The lowest BCUT2D eigenvalue weighted by Gasteiger charge is -2.33. The van der Waals surface area contributed by atoms with E-state index < -0.39 is 14.6 Å². The normalized spacial score (nSPS) is 17.3. The molecule has 2 N–H and O–H groups in total. The van der Waals surface area contributed by atoms with Gasteiger partial charge >= 0.3 is 0 Å². The van der Waals surface area contributed by atoms with Crippen molar-refractivity contribution >= 4 is 39.8 Å². The van der Waals surface area contributed by atoms with Crippen LogP contribution in [0.25, 0.3) is 0 Å². The van der Waals surface area contributed by atoms with Crippen molar-refractivity contribution in [1.82, 2.24) is 15.5 Å². The van der Waals surface area contributed by atoms with Gasteiger partial charge in [0.2, 0.25) is 0 Å². The van der Waals surface area contributed by atoms with E-state index in [0.717, 1.165) is 32.5 Å². The second-order valence-electron chi connectivity index (χ2n) is 7.64. The highest BCUT2D eigenvalue weighted by Gasteiger charge is 2.30. The Hall–Kier alpha value is -0.870. The van der Waals surface area contributed by atoms with Crippen LogP contribution in [0.2, 0.25) is 0 Å². The third-order valence-corrected chi connectivity index (χ3v) is 7.24. The van der Waals surface area contributed by atoms with Crippen molar-refractivity contribution < 1.29 is 8.42 Å². The van der Waals surface area contributed by atoms with Gasteiger partial charge in [0.05, 0.1) is 4.75 Å². The number of nitrogens with zero attached hydrogens (tertiary/aromatic N) is 2. The summed E-state index contributed by atoms with van der Waals surface area (Å²) >= 11 is 0. The van der Waals surface area contributed by atoms with E-state index in [0.29, 0.717) is 18.5 Å². The van der Waals surface area contributed by atoms with E-state index in [-0.39, 0.29) is 24.0 Å². The number of piperidine rings is 1. The minimum atomic E-state index is -3.13. The van der Waals surface area contributed by atoms with E-state index in [1.807, 2.05) is 6.07 Å². The van der Waals surface area contributed by atoms with Gasteiger partial charge in [-0.3, -0.25) is 9.89 Å². The molecule has 0 aromatic heterocycles. The summed E-state index contributed by atoms with van der Waals surface area (Å²) in [6, 6.07) is 10.9. The summed E-state index contributed by atoms with van der Waals surface area (Å²) in [6.45, 7) is 6.85. The third kappa shape index (κ3) is 7.57. The smallest absolute Gasteiger partial charge is 0.191 e. The van der Waals surface area contributed by atoms with Gasteiger partial charge in [0.25, 0.3) is 0 Å². The molecule has 2 rings (SSSR count). The van der Waals surface area contributed by atoms with Gasteiger partial charge in [0.15, 0.2) is 15.8 Å². The van der Waals surface area contributed by atoms with Crippen molar-refractivity contribution in [3.63, 3.8) is 0 Å². The zero-order valence-corrected chi connectivity index (χ0v) is 19.9. The van der Waals surface area contributed by atoms with E-state index in [2.05, 4.69) is 44.8 Å². The third-order valence-electron chi connectivity index (χ3n) is 5.09. The highest BCUT2D eigenvalue weighted by Crippen LogP contribution is 2.15. The lowest BCUT2D eigenvalue weighted by atomic mass is 10.0. The fraction of sp³-hybridized carbons (Fsp3) is 0.632. The predicted molar refractivity (Wildman–Crippen MR) is 124 cm³/mol. The summed E-state index contributed by atoms with van der Waals surface area (Å²) < 4.78 is 22.8. The monoisotopic (exact) mass is 508 g/mol. The molecule has 0 bridgehead atoms. The van der Waals surface area contributed by atoms with Crippen LogP contribution < -0.4 is 10.6 Å². The molecule has 27 heavy (non-hydrogen) atoms. The number of nitrogens with one attached hydrogen (secondary N) is 2. The zero-order chi connectivity index (χ0) is 19.2. The van der Waals surface area contributed by atoms with Gasteiger partial charge in [-0.15, -0.1) is 24.0 Å². The Balaban J connectivity index is 0.00000364. The van der Waals surface area contributed by atoms with Crippen molar-refractivity contribution in [1.29, 1.82) is 0 Å². The van der Waals surface area contributed by atoms with Crippen LogP contribution in [0.1, 0.15) is 32.3 Å². The van der Waals surface area contributed by atoms with Crippen LogP contribution in [-0.4, -0.2) is 63.0 Å². The molecule has 0 unspecified atom stereocenters. The maximum Gasteiger partial charge on any atom is 0.191 e. The Labute approximate surface area is 181 Å². The molecule has 1 aliphatic rings. The molecule has 1 aliphatic heterocycles. The molecule has 1 fully saturated rings. The van der Waals surface area contributed by atoms with Gasteiger partial charge < -0.3 is 10.6 Å². The van der Waals surface area contributed by atoms with Crippen molar-refractivity contribution in [2.75, 3.05) is 32.9 Å². The molecule has 0 radical (unpaired) electrons. The van der Waals surface area contributed by atoms with Crippen LogP contribution >= 0.6 is 24.0 Å². The largest absolute Gasteiger partial charge is 0.355 e. The van der Waals surface area contributed by atoms with E-state index in [9.17, 15) is 8.42 Å². The molecule has 8 heteroatoms. The molecule has 0 aliphatic carbocycles. The summed E-state index contributed by atoms with van der Waals surface area (Å²) in [5.74, 6) is 0.670. The van der Waals surface area contributed by atoms with Crippen LogP contribution in [-0.2, 0) is 16.4 Å². The second-order valence-corrected chi connectivity index (χ2v) is 10.3. The number of rotatable bonds is 6. The summed E-state index contributed by atoms with van der Waals surface area (Å²) in [4.78, 5) is 6.71. The Bertz CT molecular complexity index is 700. The predicted octanol–water partition coefficient (Wildman–Crippen LogP) is 2.26. The summed E-state index contributed by atoms with van der Waals surface area (Å²) in [5, 5.41) is 6.59. The van der Waals surface area contributed by atoms with Crippen molar-refractivity contribution in [3.05, 3.63) is 35.9 Å². The SMILES string of the molecule is CN=C(NCC(C)(C)S(C)(=O)=O)NC1CCN(Cc2ccccc2)CC1.I. The molecular weight excluding hydrogens is 475 g/mol. The molecule has 6 nitrogen and oxygen atoms in total. The molecule has 0 amide bonds. The van der Waals surface area contributed by atoms with Crippen LogP contribution in [0.15, 0.2) is 35.3 Å². The highest BCUT2D eigenvalue weighted by atomic mass is 127. The van der Waals surface area contributed by atoms with E-state index in [4.69, 9.17) is 0 Å². The summed E-state index contributed by atoms with van der Waals surface area (Å²) in [6.07, 6.45) is 3.36. The second kappa shape index (κ2) is 10.6. The van der Waals surface area contributed by atoms with Crippen LogP contribution in [0.4, 0.5) is 0 Å². The summed E-state index contributed by atoms with van der Waals surface area (Å²) in [7, 11) is -1.41. The quantitative estimate of drug-likeness (QED) is 0.351. The topological polar surface area (TPSA) is 73.8 Å². The Kier molecular flexibility index (Phi) is 9.50. The molecule has 1 heterocycles. The zero-order valence-electron chi connectivity index (χ0n) is 16.7. The molecule has 0 saturated carbocycles. The first-order valence-corrected chi connectivity index (χ1v) is 11.0. The van der Waals surface area contributed by atoms with Gasteiger partial charge in [0.1, 0.15) is 0 Å². The number of guanidine groups is 1. The molecule has 154 valence electrons. The van der Waals surface area contributed by atoms with Crippen molar-refractivity contribution in [2.45, 2.75) is 44.0 Å². The fourth-order valence-corrected chi connectivity index (χ4v) is 3.23.